The van der Waals surface area contributed by atoms with E-state index >= 15 is 0 Å². The second kappa shape index (κ2) is 6.07. The van der Waals surface area contributed by atoms with Gasteiger partial charge in [-0.25, -0.2) is 4.98 Å². The molecule has 2 aromatic rings. The monoisotopic (exact) mass is 324 g/mol. The quantitative estimate of drug-likeness (QED) is 0.806. The highest BCUT2D eigenvalue weighted by atomic mass is 35.5. The zero-order chi connectivity index (χ0) is 15.0. The number of likely N-dealkylation sites (N-methyl/N-ethyl adjacent to an activating group) is 1. The van der Waals surface area contributed by atoms with Gasteiger partial charge in [-0.1, -0.05) is 6.92 Å². The summed E-state index contributed by atoms with van der Waals surface area (Å²) in [7, 11) is 4.25. The first-order chi connectivity index (χ1) is 10.1. The fourth-order valence-electron chi connectivity index (χ4n) is 3.05. The number of aryl methyl sites for hydroxylation is 1. The van der Waals surface area contributed by atoms with Gasteiger partial charge in [-0.05, 0) is 51.0 Å². The highest BCUT2D eigenvalue weighted by Crippen LogP contribution is 2.35. The van der Waals surface area contributed by atoms with Crippen LogP contribution in [0.3, 0.4) is 0 Å². The molecule has 114 valence electrons. The summed E-state index contributed by atoms with van der Waals surface area (Å²) in [6.45, 7) is 4.27. The van der Waals surface area contributed by atoms with Gasteiger partial charge >= 0.3 is 0 Å². The molecule has 3 heterocycles. The Balaban J connectivity index is 2.04. The van der Waals surface area contributed by atoms with E-state index in [9.17, 15) is 0 Å². The van der Waals surface area contributed by atoms with Gasteiger partial charge in [0, 0.05) is 24.0 Å². The van der Waals surface area contributed by atoms with Crippen molar-refractivity contribution < 1.29 is 0 Å². The fourth-order valence-corrected chi connectivity index (χ4v) is 4.23. The van der Waals surface area contributed by atoms with E-state index in [-0.39, 0.29) is 0 Å². The number of nitrogens with zero attached hydrogens (tertiary/aromatic N) is 4. The lowest BCUT2D eigenvalue weighted by Crippen LogP contribution is -2.38. The molecule has 6 heteroatoms. The number of fused-ring (bicyclic) bond motifs is 1. The van der Waals surface area contributed by atoms with Crippen LogP contribution < -0.4 is 4.90 Å². The van der Waals surface area contributed by atoms with Crippen molar-refractivity contribution in [2.75, 3.05) is 32.1 Å². The molecule has 0 spiro atoms. The number of hydrogen-bond donors (Lipinski definition) is 0. The van der Waals surface area contributed by atoms with E-state index < -0.39 is 0 Å². The second-order valence-corrected chi connectivity index (χ2v) is 7.31. The number of hydrogen-bond acceptors (Lipinski definition) is 5. The van der Waals surface area contributed by atoms with Crippen LogP contribution in [0.1, 0.15) is 24.6 Å². The maximum Gasteiger partial charge on any atom is 0.225 e. The van der Waals surface area contributed by atoms with E-state index in [1.54, 1.807) is 11.3 Å². The largest absolute Gasteiger partial charge is 0.352 e. The first-order valence-corrected chi connectivity index (χ1v) is 8.65. The van der Waals surface area contributed by atoms with Gasteiger partial charge in [-0.3, -0.25) is 0 Å². The van der Waals surface area contributed by atoms with Crippen LogP contribution >= 0.6 is 22.9 Å². The molecule has 0 radical (unpaired) electrons. The minimum Gasteiger partial charge on any atom is -0.352 e. The normalized spacial score (nSPS) is 19.1. The third-order valence-electron chi connectivity index (χ3n) is 3.97. The van der Waals surface area contributed by atoms with Crippen molar-refractivity contribution in [2.24, 2.45) is 0 Å². The topological polar surface area (TPSA) is 32.3 Å². The van der Waals surface area contributed by atoms with Gasteiger partial charge in [0.1, 0.15) is 10.6 Å². The molecule has 0 amide bonds. The smallest absolute Gasteiger partial charge is 0.225 e. The summed E-state index contributed by atoms with van der Waals surface area (Å²) in [6, 6.07) is 2.75. The molecule has 0 saturated carbocycles. The van der Waals surface area contributed by atoms with E-state index in [2.05, 4.69) is 46.9 Å². The third-order valence-corrected chi connectivity index (χ3v) is 5.31. The van der Waals surface area contributed by atoms with Crippen LogP contribution in [-0.4, -0.2) is 48.1 Å². The van der Waals surface area contributed by atoms with Crippen LogP contribution in [0.4, 0.5) is 5.82 Å². The molecule has 21 heavy (non-hydrogen) atoms. The Morgan fingerprint density at radius 1 is 1.43 bits per heavy atom. The molecule has 1 saturated heterocycles. The SMILES string of the molecule is CCc1cc2c(N3CCCC3CN(C)C)nc(Cl)nc2s1. The molecule has 1 aliphatic heterocycles. The Hall–Kier alpha value is -0.910. The van der Waals surface area contributed by atoms with Gasteiger partial charge < -0.3 is 9.80 Å². The maximum atomic E-state index is 6.16. The molecular weight excluding hydrogens is 304 g/mol. The predicted octanol–water partition coefficient (Wildman–Crippen LogP) is 3.44. The van der Waals surface area contributed by atoms with Crippen LogP contribution in [0.5, 0.6) is 0 Å². The lowest BCUT2D eigenvalue weighted by Gasteiger charge is -2.28. The van der Waals surface area contributed by atoms with E-state index in [0.717, 1.165) is 35.5 Å². The molecule has 1 atom stereocenters. The lowest BCUT2D eigenvalue weighted by molar-refractivity contribution is 0.371. The average Bonchev–Trinajstić information content (AvgIpc) is 3.03. The number of anilines is 1. The predicted molar refractivity (Wildman–Crippen MR) is 90.7 cm³/mol. The third kappa shape index (κ3) is 3.00. The van der Waals surface area contributed by atoms with E-state index in [1.165, 1.54) is 17.7 Å². The van der Waals surface area contributed by atoms with E-state index in [1.807, 2.05) is 0 Å². The van der Waals surface area contributed by atoms with Gasteiger partial charge in [0.25, 0.3) is 0 Å². The van der Waals surface area contributed by atoms with Crippen LogP contribution in [0.15, 0.2) is 6.07 Å². The van der Waals surface area contributed by atoms with Gasteiger partial charge in [0.15, 0.2) is 0 Å². The number of aromatic nitrogens is 2. The van der Waals surface area contributed by atoms with Gasteiger partial charge in [-0.15, -0.1) is 11.3 Å². The minimum atomic E-state index is 0.359. The molecule has 0 bridgehead atoms. The van der Waals surface area contributed by atoms with Crippen molar-refractivity contribution >= 4 is 39.0 Å². The molecule has 3 rings (SSSR count). The maximum absolute atomic E-state index is 6.16. The summed E-state index contributed by atoms with van der Waals surface area (Å²) in [6.07, 6.45) is 3.46. The molecule has 2 aromatic heterocycles. The molecule has 0 N–H and O–H groups in total. The van der Waals surface area contributed by atoms with Crippen LogP contribution in [0.2, 0.25) is 5.28 Å². The number of rotatable bonds is 4. The first kappa shape index (κ1) is 15.0. The van der Waals surface area contributed by atoms with Crippen molar-refractivity contribution in [3.63, 3.8) is 0 Å². The Morgan fingerprint density at radius 2 is 2.24 bits per heavy atom. The highest BCUT2D eigenvalue weighted by Gasteiger charge is 2.28. The number of halogens is 1. The minimum absolute atomic E-state index is 0.359. The number of thiophene rings is 1. The standard InChI is InChI=1S/C15H21ClN4S/c1-4-11-8-12-13(17-15(16)18-14(12)21-11)20-7-5-6-10(20)9-19(2)3/h8,10H,4-7,9H2,1-3H3. The Labute approximate surface area is 134 Å². The summed E-state index contributed by atoms with van der Waals surface area (Å²) < 4.78 is 0. The molecule has 1 aliphatic rings. The fraction of sp³-hybridized carbons (Fsp3) is 0.600. The molecule has 4 nitrogen and oxygen atoms in total. The summed E-state index contributed by atoms with van der Waals surface area (Å²) >= 11 is 7.88. The Morgan fingerprint density at radius 3 is 2.95 bits per heavy atom. The second-order valence-electron chi connectivity index (χ2n) is 5.85. The van der Waals surface area contributed by atoms with Crippen LogP contribution in [0, 0.1) is 0 Å². The zero-order valence-electron chi connectivity index (χ0n) is 12.8. The molecular formula is C15H21ClN4S. The molecule has 1 fully saturated rings. The van der Waals surface area contributed by atoms with E-state index in [0.29, 0.717) is 11.3 Å². The van der Waals surface area contributed by atoms with Gasteiger partial charge in [0.05, 0.1) is 5.39 Å². The van der Waals surface area contributed by atoms with Crippen molar-refractivity contribution in [1.82, 2.24) is 14.9 Å². The van der Waals surface area contributed by atoms with Gasteiger partial charge in [-0.2, -0.15) is 4.98 Å². The van der Waals surface area contributed by atoms with Gasteiger partial charge in [0.2, 0.25) is 5.28 Å². The average molecular weight is 325 g/mol. The lowest BCUT2D eigenvalue weighted by atomic mass is 10.2. The van der Waals surface area contributed by atoms with Crippen molar-refractivity contribution in [1.29, 1.82) is 0 Å². The molecule has 0 aliphatic carbocycles. The first-order valence-electron chi connectivity index (χ1n) is 7.45. The van der Waals surface area contributed by atoms with Crippen molar-refractivity contribution in [3.8, 4) is 0 Å². The van der Waals surface area contributed by atoms with Crippen molar-refractivity contribution in [2.45, 2.75) is 32.2 Å². The summed E-state index contributed by atoms with van der Waals surface area (Å²) in [5.41, 5.74) is 0. The zero-order valence-corrected chi connectivity index (χ0v) is 14.3. The summed E-state index contributed by atoms with van der Waals surface area (Å²) in [4.78, 5) is 16.0. The Kier molecular flexibility index (Phi) is 4.33. The van der Waals surface area contributed by atoms with Crippen LogP contribution in [0.25, 0.3) is 10.2 Å². The highest BCUT2D eigenvalue weighted by molar-refractivity contribution is 7.18. The molecule has 1 unspecified atom stereocenters. The van der Waals surface area contributed by atoms with E-state index in [4.69, 9.17) is 11.6 Å². The van der Waals surface area contributed by atoms with Crippen LogP contribution in [-0.2, 0) is 6.42 Å². The Bertz CT molecular complexity index is 640. The summed E-state index contributed by atoms with van der Waals surface area (Å²) in [5.74, 6) is 1.02. The molecule has 0 aromatic carbocycles. The summed E-state index contributed by atoms with van der Waals surface area (Å²) in [5, 5.41) is 1.52. The van der Waals surface area contributed by atoms with Crippen molar-refractivity contribution in [3.05, 3.63) is 16.2 Å².